The van der Waals surface area contributed by atoms with Crippen LogP contribution in [0.2, 0.25) is 0 Å². The number of carbonyl (C=O) groups is 1. The molecule has 5 rings (SSSR count). The summed E-state index contributed by atoms with van der Waals surface area (Å²) >= 11 is 0. The van der Waals surface area contributed by atoms with E-state index in [0.717, 1.165) is 38.8 Å². The molecule has 6 atom stereocenters. The van der Waals surface area contributed by atoms with E-state index >= 15 is 0 Å². The molecule has 5 fully saturated rings. The second-order valence-corrected chi connectivity index (χ2v) is 11.1. The van der Waals surface area contributed by atoms with Crippen LogP contribution in [0.15, 0.2) is 0 Å². The minimum atomic E-state index is -0.305. The highest BCUT2D eigenvalue weighted by atomic mass is 16.7. The van der Waals surface area contributed by atoms with E-state index in [9.17, 15) is 4.79 Å². The molecule has 0 aromatic carbocycles. The number of rotatable bonds is 7. The van der Waals surface area contributed by atoms with Gasteiger partial charge in [-0.1, -0.05) is 38.5 Å². The minimum Gasteiger partial charge on any atom is -0.378 e. The fourth-order valence-corrected chi connectivity index (χ4v) is 6.50. The maximum atomic E-state index is 13.4. The number of nitrogens with one attached hydrogen (secondary N) is 3. The molecule has 3 N–H and O–H groups in total. The average Bonchev–Trinajstić information content (AvgIpc) is 3.59. The predicted molar refractivity (Wildman–Crippen MR) is 125 cm³/mol. The van der Waals surface area contributed by atoms with Gasteiger partial charge in [0.05, 0.1) is 18.8 Å². The summed E-state index contributed by atoms with van der Waals surface area (Å²) in [6, 6.07) is -0.305. The second kappa shape index (κ2) is 11.3. The first-order valence-electron chi connectivity index (χ1n) is 13.7. The van der Waals surface area contributed by atoms with Crippen molar-refractivity contribution < 1.29 is 19.1 Å². The Morgan fingerprint density at radius 2 is 1.76 bits per heavy atom. The predicted octanol–water partition coefficient (Wildman–Crippen LogP) is 2.84. The van der Waals surface area contributed by atoms with Gasteiger partial charge in [-0.05, 0) is 57.3 Å². The van der Waals surface area contributed by atoms with Crippen LogP contribution in [-0.4, -0.2) is 61.2 Å². The SMILES string of the molecule is CC1ONC(C(=O)N2CCC(CC3NNC(C4CCCCC4)O3)C2)C1COC1CCCCC1. The zero-order chi connectivity index (χ0) is 22.6. The topological polar surface area (TPSA) is 84.1 Å². The Morgan fingerprint density at radius 1 is 1.00 bits per heavy atom. The molecule has 3 saturated heterocycles. The zero-order valence-corrected chi connectivity index (χ0v) is 20.3. The summed E-state index contributed by atoms with van der Waals surface area (Å²) in [4.78, 5) is 21.1. The van der Waals surface area contributed by atoms with Crippen molar-refractivity contribution in [3.8, 4) is 0 Å². The largest absolute Gasteiger partial charge is 0.378 e. The third kappa shape index (κ3) is 5.90. The van der Waals surface area contributed by atoms with Gasteiger partial charge in [-0.3, -0.25) is 9.63 Å². The van der Waals surface area contributed by atoms with E-state index in [1.807, 2.05) is 11.8 Å². The second-order valence-electron chi connectivity index (χ2n) is 11.1. The van der Waals surface area contributed by atoms with Crippen LogP contribution in [0.4, 0.5) is 0 Å². The highest BCUT2D eigenvalue weighted by Crippen LogP contribution is 2.31. The van der Waals surface area contributed by atoms with E-state index in [1.165, 1.54) is 51.4 Å². The van der Waals surface area contributed by atoms with E-state index in [2.05, 4.69) is 16.3 Å². The summed E-state index contributed by atoms with van der Waals surface area (Å²) in [5, 5.41) is 0. The number of hydrogen-bond donors (Lipinski definition) is 3. The minimum absolute atomic E-state index is 0.0141. The molecule has 8 heteroatoms. The maximum Gasteiger partial charge on any atom is 0.242 e. The highest BCUT2D eigenvalue weighted by Gasteiger charge is 2.43. The number of likely N-dealkylation sites (tertiary alicyclic amines) is 1. The van der Waals surface area contributed by atoms with Gasteiger partial charge in [0.2, 0.25) is 5.91 Å². The van der Waals surface area contributed by atoms with Crippen molar-refractivity contribution in [1.29, 1.82) is 0 Å². The van der Waals surface area contributed by atoms with Crippen LogP contribution in [0, 0.1) is 17.8 Å². The number of ether oxygens (including phenoxy) is 2. The summed E-state index contributed by atoms with van der Waals surface area (Å²) in [6.07, 6.45) is 15.2. The lowest BCUT2D eigenvalue weighted by molar-refractivity contribution is -0.135. The summed E-state index contributed by atoms with van der Waals surface area (Å²) in [7, 11) is 0. The molecule has 5 aliphatic rings. The Hall–Kier alpha value is -0.770. The fourth-order valence-electron chi connectivity index (χ4n) is 6.50. The average molecular weight is 465 g/mol. The molecule has 6 unspecified atom stereocenters. The summed E-state index contributed by atoms with van der Waals surface area (Å²) < 4.78 is 12.5. The van der Waals surface area contributed by atoms with Crippen molar-refractivity contribution in [3.05, 3.63) is 0 Å². The van der Waals surface area contributed by atoms with Gasteiger partial charge in [0, 0.05) is 19.0 Å². The van der Waals surface area contributed by atoms with E-state index in [1.54, 1.807) is 0 Å². The van der Waals surface area contributed by atoms with Gasteiger partial charge in [0.1, 0.15) is 18.5 Å². The highest BCUT2D eigenvalue weighted by molar-refractivity contribution is 5.82. The van der Waals surface area contributed by atoms with Crippen LogP contribution in [0.1, 0.15) is 84.0 Å². The quantitative estimate of drug-likeness (QED) is 0.534. The number of nitrogens with zero attached hydrogens (tertiary/aromatic N) is 1. The van der Waals surface area contributed by atoms with Crippen LogP contribution >= 0.6 is 0 Å². The van der Waals surface area contributed by atoms with Gasteiger partial charge < -0.3 is 14.4 Å². The summed E-state index contributed by atoms with van der Waals surface area (Å²) in [5.41, 5.74) is 9.79. The number of amides is 1. The number of hydrazine groups is 1. The molecular weight excluding hydrogens is 420 g/mol. The van der Waals surface area contributed by atoms with Crippen molar-refractivity contribution >= 4 is 5.91 Å². The van der Waals surface area contributed by atoms with Crippen molar-refractivity contribution in [3.63, 3.8) is 0 Å². The Kier molecular flexibility index (Phi) is 8.21. The lowest BCUT2D eigenvalue weighted by Crippen LogP contribution is -2.47. The van der Waals surface area contributed by atoms with Gasteiger partial charge >= 0.3 is 0 Å². The first-order valence-corrected chi connectivity index (χ1v) is 13.7. The smallest absolute Gasteiger partial charge is 0.242 e. The van der Waals surface area contributed by atoms with Gasteiger partial charge in [0.25, 0.3) is 0 Å². The van der Waals surface area contributed by atoms with Gasteiger partial charge in [-0.15, -0.1) is 0 Å². The first kappa shape index (κ1) is 23.9. The Balaban J connectivity index is 1.07. The van der Waals surface area contributed by atoms with Crippen LogP contribution in [0.5, 0.6) is 0 Å². The van der Waals surface area contributed by atoms with E-state index < -0.39 is 0 Å². The molecule has 0 bridgehead atoms. The van der Waals surface area contributed by atoms with E-state index in [-0.39, 0.29) is 36.4 Å². The summed E-state index contributed by atoms with van der Waals surface area (Å²) in [6.45, 7) is 4.26. The molecule has 3 aliphatic heterocycles. The van der Waals surface area contributed by atoms with Crippen LogP contribution in [0.25, 0.3) is 0 Å². The van der Waals surface area contributed by atoms with Crippen molar-refractivity contribution in [2.24, 2.45) is 17.8 Å². The molecule has 0 radical (unpaired) electrons. The molecule has 0 aromatic rings. The Labute approximate surface area is 198 Å². The maximum absolute atomic E-state index is 13.4. The number of carbonyl (C=O) groups excluding carboxylic acids is 1. The monoisotopic (exact) mass is 464 g/mol. The van der Waals surface area contributed by atoms with Gasteiger partial charge in [0.15, 0.2) is 0 Å². The Morgan fingerprint density at radius 3 is 2.55 bits per heavy atom. The van der Waals surface area contributed by atoms with Crippen molar-refractivity contribution in [2.45, 2.75) is 115 Å². The standard InChI is InChI=1S/C25H44N4O4/c1-17-21(16-31-20-10-6-3-7-11-20)23(28-33-17)25(30)29-13-12-18(15-29)14-22-26-27-24(32-22)19-8-4-2-5-9-19/h17-24,26-28H,2-16H2,1H3. The zero-order valence-electron chi connectivity index (χ0n) is 20.3. The molecule has 1 amide bonds. The third-order valence-electron chi connectivity index (χ3n) is 8.67. The van der Waals surface area contributed by atoms with Crippen LogP contribution < -0.4 is 16.3 Å². The molecule has 0 spiro atoms. The van der Waals surface area contributed by atoms with E-state index in [0.29, 0.717) is 24.5 Å². The Bertz CT molecular complexity index is 640. The lowest BCUT2D eigenvalue weighted by Gasteiger charge is -2.28. The van der Waals surface area contributed by atoms with Crippen LogP contribution in [0.3, 0.4) is 0 Å². The molecule has 8 nitrogen and oxygen atoms in total. The van der Waals surface area contributed by atoms with E-state index in [4.69, 9.17) is 14.3 Å². The van der Waals surface area contributed by atoms with Crippen molar-refractivity contribution in [2.75, 3.05) is 19.7 Å². The van der Waals surface area contributed by atoms with Crippen LogP contribution in [-0.2, 0) is 19.1 Å². The normalized spacial score (nSPS) is 38.9. The van der Waals surface area contributed by atoms with Gasteiger partial charge in [-0.2, -0.15) is 5.48 Å². The molecule has 2 saturated carbocycles. The number of hydrogen-bond acceptors (Lipinski definition) is 7. The fraction of sp³-hybridized carbons (Fsp3) is 0.960. The molecule has 188 valence electrons. The molecule has 33 heavy (non-hydrogen) atoms. The molecule has 2 aliphatic carbocycles. The number of hydroxylamine groups is 1. The molecule has 0 aromatic heterocycles. The first-order chi connectivity index (χ1) is 16.2. The molecular formula is C25H44N4O4. The molecule has 3 heterocycles. The third-order valence-corrected chi connectivity index (χ3v) is 8.67. The van der Waals surface area contributed by atoms with Gasteiger partial charge in [-0.25, -0.2) is 10.9 Å². The van der Waals surface area contributed by atoms with Crippen molar-refractivity contribution in [1.82, 2.24) is 21.2 Å². The summed E-state index contributed by atoms with van der Waals surface area (Å²) in [5.74, 6) is 1.33. The lowest BCUT2D eigenvalue weighted by atomic mass is 9.88.